The van der Waals surface area contributed by atoms with Gasteiger partial charge in [-0.3, -0.25) is 0 Å². The third kappa shape index (κ3) is 3.11. The molecule has 5 aliphatic rings. The minimum absolute atomic E-state index is 0. The second-order valence-electron chi connectivity index (χ2n) is 9.25. The SMILES string of the molecule is C[N+]1(CCCC2(O)C3CC4CC(C3)CC2C4)CCCCC1.[I-]. The van der Waals surface area contributed by atoms with Gasteiger partial charge in [0.15, 0.2) is 0 Å². The predicted octanol–water partition coefficient (Wildman–Crippen LogP) is 0.588. The highest BCUT2D eigenvalue weighted by Gasteiger charge is 2.56. The maximum atomic E-state index is 11.4. The molecule has 4 saturated carbocycles. The first-order valence-corrected chi connectivity index (χ1v) is 9.63. The maximum Gasteiger partial charge on any atom is 0.0785 e. The highest BCUT2D eigenvalue weighted by molar-refractivity contribution is 5.06. The second-order valence-corrected chi connectivity index (χ2v) is 9.25. The van der Waals surface area contributed by atoms with Gasteiger partial charge in [-0.2, -0.15) is 0 Å². The molecule has 0 aromatic rings. The van der Waals surface area contributed by atoms with Crippen molar-refractivity contribution in [2.24, 2.45) is 23.7 Å². The largest absolute Gasteiger partial charge is 1.00 e. The fraction of sp³-hybridized carbons (Fsp3) is 1.00. The van der Waals surface area contributed by atoms with E-state index in [0.717, 1.165) is 18.3 Å². The molecule has 4 aliphatic carbocycles. The molecular formula is C19H34INO. The van der Waals surface area contributed by atoms with Crippen molar-refractivity contribution in [3.05, 3.63) is 0 Å². The van der Waals surface area contributed by atoms with Gasteiger partial charge >= 0.3 is 0 Å². The molecule has 0 atom stereocenters. The molecule has 0 amide bonds. The van der Waals surface area contributed by atoms with E-state index in [1.807, 2.05) is 0 Å². The molecule has 22 heavy (non-hydrogen) atoms. The van der Waals surface area contributed by atoms with Crippen LogP contribution >= 0.6 is 0 Å². The molecule has 3 heteroatoms. The Bertz CT molecular complexity index is 363. The quantitative estimate of drug-likeness (QED) is 0.523. The molecule has 128 valence electrons. The Labute approximate surface area is 153 Å². The Kier molecular flexibility index (Phi) is 5.17. The van der Waals surface area contributed by atoms with Crippen molar-refractivity contribution < 1.29 is 33.6 Å². The minimum Gasteiger partial charge on any atom is -1.00 e. The van der Waals surface area contributed by atoms with E-state index in [9.17, 15) is 5.11 Å². The number of hydrogen-bond acceptors (Lipinski definition) is 1. The Hall–Kier alpha value is 0.650. The lowest BCUT2D eigenvalue weighted by Gasteiger charge is -2.59. The van der Waals surface area contributed by atoms with Gasteiger partial charge < -0.3 is 33.6 Å². The topological polar surface area (TPSA) is 20.2 Å². The number of hydrogen-bond donors (Lipinski definition) is 1. The number of quaternary nitrogens is 1. The molecule has 0 aromatic carbocycles. The summed E-state index contributed by atoms with van der Waals surface area (Å²) in [5.41, 5.74) is -0.275. The zero-order chi connectivity index (χ0) is 14.5. The maximum absolute atomic E-state index is 11.4. The normalized spacial score (nSPS) is 45.5. The van der Waals surface area contributed by atoms with E-state index in [4.69, 9.17) is 0 Å². The van der Waals surface area contributed by atoms with Crippen LogP contribution in [0.3, 0.4) is 0 Å². The molecular weight excluding hydrogens is 385 g/mol. The van der Waals surface area contributed by atoms with Crippen molar-refractivity contribution >= 4 is 0 Å². The second kappa shape index (κ2) is 6.51. The molecule has 1 N–H and O–H groups in total. The summed E-state index contributed by atoms with van der Waals surface area (Å²) in [4.78, 5) is 0. The van der Waals surface area contributed by atoms with E-state index in [2.05, 4.69) is 7.05 Å². The molecule has 0 spiro atoms. The molecule has 2 nitrogen and oxygen atoms in total. The Morgan fingerprint density at radius 2 is 1.45 bits per heavy atom. The molecule has 5 rings (SSSR count). The molecule has 0 radical (unpaired) electrons. The smallest absolute Gasteiger partial charge is 0.0785 e. The number of halogens is 1. The summed E-state index contributed by atoms with van der Waals surface area (Å²) in [6.45, 7) is 4.04. The van der Waals surface area contributed by atoms with E-state index in [-0.39, 0.29) is 29.6 Å². The zero-order valence-corrected chi connectivity index (χ0v) is 16.4. The molecule has 5 fully saturated rings. The van der Waals surface area contributed by atoms with Gasteiger partial charge in [0, 0.05) is 0 Å². The number of rotatable bonds is 4. The summed E-state index contributed by atoms with van der Waals surface area (Å²) in [6, 6.07) is 0. The van der Waals surface area contributed by atoms with E-state index in [1.54, 1.807) is 0 Å². The lowest BCUT2D eigenvalue weighted by molar-refractivity contribution is -0.914. The van der Waals surface area contributed by atoms with Gasteiger partial charge in [0.1, 0.15) is 0 Å². The number of nitrogens with zero attached hydrogens (tertiary/aromatic N) is 1. The van der Waals surface area contributed by atoms with Crippen LogP contribution in [0, 0.1) is 23.7 Å². The lowest BCUT2D eigenvalue weighted by Crippen LogP contribution is -3.00. The molecule has 0 unspecified atom stereocenters. The number of likely N-dealkylation sites (tertiary alicyclic amines) is 1. The average molecular weight is 419 g/mol. The van der Waals surface area contributed by atoms with Crippen LogP contribution in [0.2, 0.25) is 0 Å². The molecule has 4 bridgehead atoms. The highest BCUT2D eigenvalue weighted by Crippen LogP contribution is 2.59. The number of aliphatic hydroxyl groups is 1. The summed E-state index contributed by atoms with van der Waals surface area (Å²) in [5.74, 6) is 3.25. The van der Waals surface area contributed by atoms with Crippen molar-refractivity contribution in [3.63, 3.8) is 0 Å². The van der Waals surface area contributed by atoms with Crippen molar-refractivity contribution in [3.8, 4) is 0 Å². The Morgan fingerprint density at radius 3 is 2.00 bits per heavy atom. The Balaban J connectivity index is 0.00000144. The minimum atomic E-state index is -0.275. The fourth-order valence-electron chi connectivity index (χ4n) is 6.65. The monoisotopic (exact) mass is 419 g/mol. The third-order valence-corrected chi connectivity index (χ3v) is 7.72. The lowest BCUT2D eigenvalue weighted by atomic mass is 9.49. The molecule has 1 aliphatic heterocycles. The highest BCUT2D eigenvalue weighted by atomic mass is 127. The number of piperidine rings is 1. The van der Waals surface area contributed by atoms with Crippen LogP contribution in [0.5, 0.6) is 0 Å². The van der Waals surface area contributed by atoms with Gasteiger partial charge in [0.2, 0.25) is 0 Å². The van der Waals surface area contributed by atoms with Crippen molar-refractivity contribution in [2.75, 3.05) is 26.7 Å². The van der Waals surface area contributed by atoms with Crippen LogP contribution < -0.4 is 24.0 Å². The van der Waals surface area contributed by atoms with Crippen LogP contribution in [0.1, 0.15) is 64.2 Å². The molecule has 1 saturated heterocycles. The summed E-state index contributed by atoms with van der Waals surface area (Å²) in [5, 5.41) is 11.4. The van der Waals surface area contributed by atoms with E-state index >= 15 is 0 Å². The first kappa shape index (κ1) is 17.5. The van der Waals surface area contributed by atoms with Crippen LogP contribution in [0.4, 0.5) is 0 Å². The molecule has 0 aromatic heterocycles. The van der Waals surface area contributed by atoms with E-state index < -0.39 is 0 Å². The fourth-order valence-corrected chi connectivity index (χ4v) is 6.65. The first-order chi connectivity index (χ1) is 10.1. The van der Waals surface area contributed by atoms with Gasteiger partial charge in [-0.1, -0.05) is 0 Å². The van der Waals surface area contributed by atoms with E-state index in [1.165, 1.54) is 81.9 Å². The standard InChI is InChI=1S/C19H34NO.HI/c1-20(7-3-2-4-8-20)9-5-6-19(21)17-11-15-10-16(13-17)14-18(19)12-15;/h15-18,21H,2-14H2,1H3;1H/q+1;/p-1. The summed E-state index contributed by atoms with van der Waals surface area (Å²) in [6.07, 6.45) is 13.5. The van der Waals surface area contributed by atoms with Crippen LogP contribution in [-0.2, 0) is 0 Å². The Morgan fingerprint density at radius 1 is 0.909 bits per heavy atom. The molecule has 1 heterocycles. The van der Waals surface area contributed by atoms with Crippen LogP contribution in [0.25, 0.3) is 0 Å². The van der Waals surface area contributed by atoms with Crippen LogP contribution in [-0.4, -0.2) is 41.9 Å². The van der Waals surface area contributed by atoms with Crippen molar-refractivity contribution in [2.45, 2.75) is 69.8 Å². The van der Waals surface area contributed by atoms with Gasteiger partial charge in [0.25, 0.3) is 0 Å². The first-order valence-electron chi connectivity index (χ1n) is 9.63. The van der Waals surface area contributed by atoms with Crippen LogP contribution in [0.15, 0.2) is 0 Å². The van der Waals surface area contributed by atoms with Gasteiger partial charge in [-0.25, -0.2) is 0 Å². The predicted molar refractivity (Wildman–Crippen MR) is 85.9 cm³/mol. The van der Waals surface area contributed by atoms with Crippen molar-refractivity contribution in [1.82, 2.24) is 0 Å². The summed E-state index contributed by atoms with van der Waals surface area (Å²) in [7, 11) is 2.44. The van der Waals surface area contributed by atoms with E-state index in [0.29, 0.717) is 11.8 Å². The summed E-state index contributed by atoms with van der Waals surface area (Å²) < 4.78 is 1.27. The average Bonchev–Trinajstić information content (AvgIpc) is 2.45. The zero-order valence-electron chi connectivity index (χ0n) is 14.3. The van der Waals surface area contributed by atoms with Gasteiger partial charge in [-0.05, 0) is 87.9 Å². The third-order valence-electron chi connectivity index (χ3n) is 7.72. The van der Waals surface area contributed by atoms with Gasteiger partial charge in [-0.15, -0.1) is 0 Å². The van der Waals surface area contributed by atoms with Gasteiger partial charge in [0.05, 0.1) is 32.3 Å². The summed E-state index contributed by atoms with van der Waals surface area (Å²) >= 11 is 0. The van der Waals surface area contributed by atoms with Crippen molar-refractivity contribution in [1.29, 1.82) is 0 Å².